The number of benzene rings is 1. The first kappa shape index (κ1) is 16.5. The van der Waals surface area contributed by atoms with Crippen molar-refractivity contribution in [3.63, 3.8) is 0 Å². The van der Waals surface area contributed by atoms with Crippen molar-refractivity contribution >= 4 is 17.5 Å². The highest BCUT2D eigenvalue weighted by atomic mass is 16.5. The molecule has 0 aliphatic heterocycles. The van der Waals surface area contributed by atoms with Crippen LogP contribution in [0.3, 0.4) is 0 Å². The third-order valence-corrected chi connectivity index (χ3v) is 4.78. The van der Waals surface area contributed by atoms with Crippen LogP contribution in [-0.4, -0.2) is 17.1 Å². The van der Waals surface area contributed by atoms with Gasteiger partial charge in [-0.2, -0.15) is 4.98 Å². The summed E-state index contributed by atoms with van der Waals surface area (Å²) in [5.74, 6) is 0.977. The first-order chi connectivity index (χ1) is 11.6. The van der Waals surface area contributed by atoms with E-state index in [0.29, 0.717) is 17.4 Å². The first-order valence-electron chi connectivity index (χ1n) is 8.41. The molecule has 2 aromatic rings. The van der Waals surface area contributed by atoms with Gasteiger partial charge < -0.3 is 21.9 Å². The fraction of sp³-hybridized carbons (Fsp3) is 0.444. The van der Waals surface area contributed by atoms with Crippen molar-refractivity contribution in [3.8, 4) is 11.1 Å². The summed E-state index contributed by atoms with van der Waals surface area (Å²) in [5.41, 5.74) is 21.1. The highest BCUT2D eigenvalue weighted by Gasteiger charge is 2.30. The molecule has 3 rings (SSSR count). The smallest absolute Gasteiger partial charge is 0.222 e. The Morgan fingerprint density at radius 3 is 2.29 bits per heavy atom. The maximum Gasteiger partial charge on any atom is 0.222 e. The van der Waals surface area contributed by atoms with Crippen LogP contribution in [0.4, 0.5) is 17.5 Å². The standard InChI is InChI=1S/C18H25N5O/c1-24-16(12-5-3-2-4-6-12)15-14(17(20)23-18(21)22-15)11-7-9-13(19)10-8-11/h7-10,12,16H,2-6,19H2,1H3,(H4,20,21,22,23). The molecule has 0 radical (unpaired) electrons. The van der Waals surface area contributed by atoms with Gasteiger partial charge in [0, 0.05) is 18.4 Å². The van der Waals surface area contributed by atoms with E-state index in [-0.39, 0.29) is 12.1 Å². The number of nitrogens with two attached hydrogens (primary N) is 3. The number of rotatable bonds is 4. The zero-order valence-electron chi connectivity index (χ0n) is 14.0. The van der Waals surface area contributed by atoms with Gasteiger partial charge in [0.15, 0.2) is 0 Å². The molecule has 6 nitrogen and oxygen atoms in total. The SMILES string of the molecule is COC(c1nc(N)nc(N)c1-c1ccc(N)cc1)C1CCCCC1. The third kappa shape index (κ3) is 3.28. The van der Waals surface area contributed by atoms with Gasteiger partial charge in [-0.15, -0.1) is 0 Å². The number of anilines is 3. The molecule has 1 unspecified atom stereocenters. The van der Waals surface area contributed by atoms with Crippen LogP contribution in [0.15, 0.2) is 24.3 Å². The van der Waals surface area contributed by atoms with E-state index >= 15 is 0 Å². The molecule has 0 saturated heterocycles. The molecule has 1 fully saturated rings. The Kier molecular flexibility index (Phi) is 4.85. The van der Waals surface area contributed by atoms with Gasteiger partial charge in [0.05, 0.1) is 5.69 Å². The van der Waals surface area contributed by atoms with E-state index in [1.807, 2.05) is 24.3 Å². The largest absolute Gasteiger partial charge is 0.399 e. The van der Waals surface area contributed by atoms with Crippen LogP contribution in [0.1, 0.15) is 43.9 Å². The van der Waals surface area contributed by atoms with Gasteiger partial charge in [0.2, 0.25) is 5.95 Å². The van der Waals surface area contributed by atoms with E-state index < -0.39 is 0 Å². The van der Waals surface area contributed by atoms with Crippen molar-refractivity contribution in [2.45, 2.75) is 38.2 Å². The quantitative estimate of drug-likeness (QED) is 0.743. The van der Waals surface area contributed by atoms with Crippen molar-refractivity contribution in [2.24, 2.45) is 5.92 Å². The van der Waals surface area contributed by atoms with Gasteiger partial charge in [-0.1, -0.05) is 31.4 Å². The lowest BCUT2D eigenvalue weighted by Crippen LogP contribution is -2.21. The van der Waals surface area contributed by atoms with Crippen molar-refractivity contribution < 1.29 is 4.74 Å². The van der Waals surface area contributed by atoms with Crippen molar-refractivity contribution in [2.75, 3.05) is 24.3 Å². The lowest BCUT2D eigenvalue weighted by atomic mass is 9.82. The monoisotopic (exact) mass is 327 g/mol. The zero-order chi connectivity index (χ0) is 17.1. The summed E-state index contributed by atoms with van der Waals surface area (Å²) in [7, 11) is 1.72. The minimum absolute atomic E-state index is 0.134. The molecule has 1 aromatic heterocycles. The highest BCUT2D eigenvalue weighted by molar-refractivity contribution is 5.78. The predicted molar refractivity (Wildman–Crippen MR) is 97.0 cm³/mol. The molecule has 1 heterocycles. The molecule has 1 atom stereocenters. The lowest BCUT2D eigenvalue weighted by Gasteiger charge is -2.30. The van der Waals surface area contributed by atoms with E-state index in [1.54, 1.807) is 7.11 Å². The second kappa shape index (κ2) is 7.05. The van der Waals surface area contributed by atoms with E-state index in [9.17, 15) is 0 Å². The number of nitrogens with zero attached hydrogens (tertiary/aromatic N) is 2. The minimum atomic E-state index is -0.134. The maximum atomic E-state index is 6.20. The molecular formula is C18H25N5O. The van der Waals surface area contributed by atoms with Gasteiger partial charge in [-0.05, 0) is 36.5 Å². The molecule has 1 saturated carbocycles. The molecular weight excluding hydrogens is 302 g/mol. The number of methoxy groups -OCH3 is 1. The van der Waals surface area contributed by atoms with Gasteiger partial charge in [0.1, 0.15) is 11.9 Å². The van der Waals surface area contributed by atoms with Crippen LogP contribution in [0.2, 0.25) is 0 Å². The second-order valence-electron chi connectivity index (χ2n) is 6.40. The summed E-state index contributed by atoms with van der Waals surface area (Å²) in [6, 6.07) is 7.55. The molecule has 6 heteroatoms. The average molecular weight is 327 g/mol. The highest BCUT2D eigenvalue weighted by Crippen LogP contribution is 2.41. The number of hydrogen-bond acceptors (Lipinski definition) is 6. The normalized spacial score (nSPS) is 16.9. The van der Waals surface area contributed by atoms with Crippen molar-refractivity contribution in [1.29, 1.82) is 0 Å². The summed E-state index contributed by atoms with van der Waals surface area (Å²) in [6.45, 7) is 0. The zero-order valence-corrected chi connectivity index (χ0v) is 14.0. The molecule has 1 aromatic carbocycles. The molecule has 1 aliphatic rings. The Morgan fingerprint density at radius 2 is 1.67 bits per heavy atom. The van der Waals surface area contributed by atoms with Crippen molar-refractivity contribution in [1.82, 2.24) is 9.97 Å². The van der Waals surface area contributed by atoms with Gasteiger partial charge >= 0.3 is 0 Å². The van der Waals surface area contributed by atoms with E-state index in [2.05, 4.69) is 9.97 Å². The van der Waals surface area contributed by atoms with E-state index in [0.717, 1.165) is 29.7 Å². The van der Waals surface area contributed by atoms with Crippen LogP contribution in [0, 0.1) is 5.92 Å². The first-order valence-corrected chi connectivity index (χ1v) is 8.41. The number of hydrogen-bond donors (Lipinski definition) is 3. The third-order valence-electron chi connectivity index (χ3n) is 4.78. The van der Waals surface area contributed by atoms with Crippen LogP contribution in [0.25, 0.3) is 11.1 Å². The van der Waals surface area contributed by atoms with Crippen molar-refractivity contribution in [3.05, 3.63) is 30.0 Å². The Balaban J connectivity index is 2.09. The summed E-state index contributed by atoms with van der Waals surface area (Å²) in [6.07, 6.45) is 5.85. The summed E-state index contributed by atoms with van der Waals surface area (Å²) >= 11 is 0. The fourth-order valence-electron chi connectivity index (χ4n) is 3.63. The van der Waals surface area contributed by atoms with Crippen LogP contribution >= 0.6 is 0 Å². The number of aromatic nitrogens is 2. The van der Waals surface area contributed by atoms with Gasteiger partial charge in [0.25, 0.3) is 0 Å². The van der Waals surface area contributed by atoms with Crippen LogP contribution in [-0.2, 0) is 4.74 Å². The lowest BCUT2D eigenvalue weighted by molar-refractivity contribution is 0.0328. The number of ether oxygens (including phenoxy) is 1. The molecule has 6 N–H and O–H groups in total. The maximum absolute atomic E-state index is 6.20. The summed E-state index contributed by atoms with van der Waals surface area (Å²) < 4.78 is 5.85. The van der Waals surface area contributed by atoms with Gasteiger partial charge in [-0.25, -0.2) is 4.98 Å². The van der Waals surface area contributed by atoms with Crippen LogP contribution < -0.4 is 17.2 Å². The molecule has 128 valence electrons. The van der Waals surface area contributed by atoms with E-state index in [1.165, 1.54) is 19.3 Å². The Morgan fingerprint density at radius 1 is 1.00 bits per heavy atom. The molecule has 0 amide bonds. The average Bonchev–Trinajstić information content (AvgIpc) is 2.57. The van der Waals surface area contributed by atoms with Gasteiger partial charge in [-0.3, -0.25) is 0 Å². The topological polar surface area (TPSA) is 113 Å². The molecule has 1 aliphatic carbocycles. The second-order valence-corrected chi connectivity index (χ2v) is 6.40. The fourth-order valence-corrected chi connectivity index (χ4v) is 3.63. The molecule has 24 heavy (non-hydrogen) atoms. The van der Waals surface area contributed by atoms with Crippen LogP contribution in [0.5, 0.6) is 0 Å². The Hall–Kier alpha value is -2.34. The molecule has 0 spiro atoms. The molecule has 0 bridgehead atoms. The van der Waals surface area contributed by atoms with E-state index in [4.69, 9.17) is 21.9 Å². The summed E-state index contributed by atoms with van der Waals surface area (Å²) in [5, 5.41) is 0. The Labute approximate surface area is 142 Å². The summed E-state index contributed by atoms with van der Waals surface area (Å²) in [4.78, 5) is 8.66. The predicted octanol–water partition coefficient (Wildman–Crippen LogP) is 3.16. The minimum Gasteiger partial charge on any atom is -0.399 e. The number of nitrogen functional groups attached to an aromatic ring is 3. The Bertz CT molecular complexity index is 695.